The van der Waals surface area contributed by atoms with Gasteiger partial charge in [0.05, 0.1) is 5.92 Å². The molecule has 0 heterocycles. The van der Waals surface area contributed by atoms with E-state index in [1.807, 2.05) is 0 Å². The summed E-state index contributed by atoms with van der Waals surface area (Å²) in [7, 11) is -4.96. The fourth-order valence-corrected chi connectivity index (χ4v) is 8.33. The van der Waals surface area contributed by atoms with Gasteiger partial charge in [0.25, 0.3) is 10.1 Å². The lowest BCUT2D eigenvalue weighted by atomic mass is 9.44. The number of hydrogen-bond donors (Lipinski definition) is 1. The van der Waals surface area contributed by atoms with Crippen LogP contribution in [0.1, 0.15) is 71.1 Å². The number of carbonyl (C=O) groups excluding carboxylic acids is 1. The summed E-state index contributed by atoms with van der Waals surface area (Å²) in [6, 6.07) is 0. The average molecular weight is 493 g/mol. The molecule has 0 saturated heterocycles. The van der Waals surface area contributed by atoms with E-state index in [1.54, 1.807) is 0 Å². The first-order chi connectivity index (χ1) is 15.3. The SMILES string of the molecule is C=C(CC1(C)C2CC3CC(C2)CC1C3)C1CCCCC1C(=O)OC(CS(=O)(=O)O)C(F)(F)F. The quantitative estimate of drug-likeness (QED) is 0.286. The Morgan fingerprint density at radius 3 is 2.06 bits per heavy atom. The molecule has 9 heteroatoms. The number of allylic oxidation sites excluding steroid dienone is 1. The Morgan fingerprint density at radius 1 is 1.06 bits per heavy atom. The fourth-order valence-electron chi connectivity index (χ4n) is 7.69. The van der Waals surface area contributed by atoms with Crippen LogP contribution in [0.3, 0.4) is 0 Å². The lowest BCUT2D eigenvalue weighted by molar-refractivity contribution is -0.218. The standard InChI is InChI=1S/C24H35F3O5S/c1-14(12-23(2)17-8-15-7-16(10-17)11-18(23)9-15)19-5-3-4-6-20(19)22(28)32-21(24(25,26)27)13-33(29,30)31/h15-21H,1,3-13H2,2H3,(H,29,30,31). The third-order valence-electron chi connectivity index (χ3n) is 9.19. The highest BCUT2D eigenvalue weighted by molar-refractivity contribution is 7.85. The molecule has 5 rings (SSSR count). The van der Waals surface area contributed by atoms with Gasteiger partial charge in [-0.1, -0.05) is 31.9 Å². The van der Waals surface area contributed by atoms with Gasteiger partial charge in [-0.05, 0) is 86.4 Å². The Kier molecular flexibility index (Phi) is 6.71. The van der Waals surface area contributed by atoms with Gasteiger partial charge in [-0.3, -0.25) is 9.35 Å². The summed E-state index contributed by atoms with van der Waals surface area (Å²) in [5.41, 5.74) is 1.04. The fraction of sp³-hybridized carbons (Fsp3) is 0.875. The number of alkyl halides is 3. The maximum Gasteiger partial charge on any atom is 0.426 e. The van der Waals surface area contributed by atoms with Gasteiger partial charge in [-0.25, -0.2) is 0 Å². The molecule has 0 spiro atoms. The van der Waals surface area contributed by atoms with Gasteiger partial charge in [0.2, 0.25) is 6.10 Å². The predicted octanol–water partition coefficient (Wildman–Crippen LogP) is 5.56. The highest BCUT2D eigenvalue weighted by Crippen LogP contribution is 2.64. The van der Waals surface area contributed by atoms with Crippen LogP contribution in [0.5, 0.6) is 0 Å². The molecular formula is C24H35F3O5S. The van der Waals surface area contributed by atoms with Crippen LogP contribution in [0.2, 0.25) is 0 Å². The first-order valence-corrected chi connectivity index (χ1v) is 13.8. The highest BCUT2D eigenvalue weighted by atomic mass is 32.2. The number of halogens is 3. The summed E-state index contributed by atoms with van der Waals surface area (Å²) in [4.78, 5) is 12.8. The van der Waals surface area contributed by atoms with Crippen molar-refractivity contribution >= 4 is 16.1 Å². The first-order valence-electron chi connectivity index (χ1n) is 12.2. The maximum atomic E-state index is 13.3. The summed E-state index contributed by atoms with van der Waals surface area (Å²) in [5.74, 6) is -0.820. The number of esters is 1. The maximum absolute atomic E-state index is 13.3. The summed E-state index contributed by atoms with van der Waals surface area (Å²) in [6.45, 7) is 6.67. The first kappa shape index (κ1) is 25.0. The molecule has 5 aliphatic rings. The molecule has 5 fully saturated rings. The summed E-state index contributed by atoms with van der Waals surface area (Å²) in [5, 5.41) is 0. The summed E-state index contributed by atoms with van der Waals surface area (Å²) >= 11 is 0. The topological polar surface area (TPSA) is 80.7 Å². The zero-order valence-electron chi connectivity index (χ0n) is 19.1. The second-order valence-electron chi connectivity index (χ2n) is 11.4. The van der Waals surface area contributed by atoms with E-state index in [9.17, 15) is 26.4 Å². The number of ether oxygens (including phenoxy) is 1. The van der Waals surface area contributed by atoms with E-state index >= 15 is 0 Å². The lowest BCUT2D eigenvalue weighted by Crippen LogP contribution is -2.52. The predicted molar refractivity (Wildman–Crippen MR) is 117 cm³/mol. The Labute approximate surface area is 194 Å². The molecule has 0 aliphatic heterocycles. The minimum absolute atomic E-state index is 0.121. The van der Waals surface area contributed by atoms with E-state index in [0.29, 0.717) is 31.1 Å². The van der Waals surface area contributed by atoms with Gasteiger partial charge in [-0.2, -0.15) is 21.6 Å². The molecule has 0 aromatic heterocycles. The molecule has 4 bridgehead atoms. The van der Waals surface area contributed by atoms with Crippen LogP contribution in [0.25, 0.3) is 0 Å². The van der Waals surface area contributed by atoms with Crippen molar-refractivity contribution in [3.8, 4) is 0 Å². The lowest BCUT2D eigenvalue weighted by Gasteiger charge is -2.61. The van der Waals surface area contributed by atoms with Gasteiger partial charge >= 0.3 is 12.1 Å². The van der Waals surface area contributed by atoms with Gasteiger partial charge in [0.15, 0.2) is 0 Å². The van der Waals surface area contributed by atoms with E-state index < -0.39 is 40.0 Å². The molecule has 5 aliphatic carbocycles. The zero-order chi connectivity index (χ0) is 24.2. The monoisotopic (exact) mass is 492 g/mol. The Bertz CT molecular complexity index is 853. The Morgan fingerprint density at radius 2 is 1.58 bits per heavy atom. The molecule has 3 unspecified atom stereocenters. The van der Waals surface area contributed by atoms with Gasteiger partial charge in [0, 0.05) is 0 Å². The average Bonchev–Trinajstić information content (AvgIpc) is 2.69. The number of rotatable bonds is 7. The molecular weight excluding hydrogens is 457 g/mol. The molecule has 5 saturated carbocycles. The Hall–Kier alpha value is -1.09. The molecule has 0 aromatic rings. The smallest absolute Gasteiger partial charge is 0.426 e. The van der Waals surface area contributed by atoms with Crippen LogP contribution in [0.15, 0.2) is 12.2 Å². The second-order valence-corrected chi connectivity index (χ2v) is 12.9. The van der Waals surface area contributed by atoms with Crippen LogP contribution >= 0.6 is 0 Å². The van der Waals surface area contributed by atoms with Crippen LogP contribution in [0, 0.1) is 40.9 Å². The van der Waals surface area contributed by atoms with Crippen molar-refractivity contribution in [1.82, 2.24) is 0 Å². The molecule has 188 valence electrons. The molecule has 0 amide bonds. The van der Waals surface area contributed by atoms with Crippen molar-refractivity contribution in [2.75, 3.05) is 5.75 Å². The third-order valence-corrected chi connectivity index (χ3v) is 9.91. The van der Waals surface area contributed by atoms with Gasteiger partial charge in [0.1, 0.15) is 5.75 Å². The van der Waals surface area contributed by atoms with Crippen LogP contribution in [-0.2, 0) is 19.6 Å². The largest absolute Gasteiger partial charge is 0.451 e. The van der Waals surface area contributed by atoms with Crippen LogP contribution in [-0.4, -0.2) is 37.0 Å². The minimum atomic E-state index is -5.08. The Balaban J connectivity index is 1.46. The van der Waals surface area contributed by atoms with Gasteiger partial charge < -0.3 is 4.74 Å². The molecule has 0 aromatic carbocycles. The highest BCUT2D eigenvalue weighted by Gasteiger charge is 2.55. The van der Waals surface area contributed by atoms with Crippen molar-refractivity contribution in [2.24, 2.45) is 40.9 Å². The molecule has 0 radical (unpaired) electrons. The van der Waals surface area contributed by atoms with E-state index in [-0.39, 0.29) is 11.3 Å². The number of carbonyl (C=O) groups is 1. The van der Waals surface area contributed by atoms with Crippen LogP contribution < -0.4 is 0 Å². The minimum Gasteiger partial charge on any atom is -0.451 e. The van der Waals surface area contributed by atoms with Crippen molar-refractivity contribution in [2.45, 2.75) is 83.4 Å². The molecule has 33 heavy (non-hydrogen) atoms. The van der Waals surface area contributed by atoms with Gasteiger partial charge in [-0.15, -0.1) is 0 Å². The van der Waals surface area contributed by atoms with E-state index in [0.717, 1.165) is 30.3 Å². The van der Waals surface area contributed by atoms with E-state index in [2.05, 4.69) is 18.2 Å². The molecule has 3 atom stereocenters. The van der Waals surface area contributed by atoms with E-state index in [4.69, 9.17) is 4.55 Å². The van der Waals surface area contributed by atoms with E-state index in [1.165, 1.54) is 32.1 Å². The molecule has 5 nitrogen and oxygen atoms in total. The number of hydrogen-bond acceptors (Lipinski definition) is 4. The summed E-state index contributed by atoms with van der Waals surface area (Å²) in [6.07, 6.45) is 1.79. The van der Waals surface area contributed by atoms with Crippen LogP contribution in [0.4, 0.5) is 13.2 Å². The van der Waals surface area contributed by atoms with Crippen molar-refractivity contribution in [3.63, 3.8) is 0 Å². The van der Waals surface area contributed by atoms with Crippen molar-refractivity contribution in [3.05, 3.63) is 12.2 Å². The third kappa shape index (κ3) is 5.29. The van der Waals surface area contributed by atoms with Crippen molar-refractivity contribution in [1.29, 1.82) is 0 Å². The second kappa shape index (κ2) is 8.85. The summed E-state index contributed by atoms with van der Waals surface area (Å²) < 4.78 is 75.5. The zero-order valence-corrected chi connectivity index (χ0v) is 20.0. The normalized spacial score (nSPS) is 39.3. The van der Waals surface area contributed by atoms with Crippen molar-refractivity contribution < 1.29 is 35.7 Å². The molecule has 1 N–H and O–H groups in total.